The van der Waals surface area contributed by atoms with Gasteiger partial charge in [0.2, 0.25) is 0 Å². The SMILES string of the molecule is CNC(CSCC1O[C@H]2O[C@@H]3C(CO)O[C@H](O[C@@H]4C(CO)O[C@H](O[C@@H]5C(CO)O[C@H](O[C@@H]6C(CSC[C@@H](CC(=O)CCOCCOCCC(C)=O)C(=O)O)O[C@H](O[C@@H]7C(CO)O[C@@H](O[C@@H]8C(CO)O[C@@H](O[C@H]1[C@H](O)C2O)C(O)[C@H]8O)C(O)[C@H]7O)C(O)[C@H]6O)C(O)[C@H]5O)C(O)[C@H]4O)C(O)[C@H]3O)C(=O)O. The predicted molar refractivity (Wildman–Crippen MR) is 332 cm³/mol. The molecule has 0 aromatic carbocycles. The van der Waals surface area contributed by atoms with Crippen molar-refractivity contribution in [2.45, 2.75) is 247 Å². The maximum atomic E-state index is 13.0. The number of carboxylic acids is 2. The van der Waals surface area contributed by atoms with Gasteiger partial charge in [0.15, 0.2) is 44.0 Å². The number of carboxylic acid groups (broad SMARTS) is 2. The number of rotatable bonds is 27. The number of hydrogen-bond donors (Lipinski definition) is 22. The molecule has 21 heterocycles. The molecule has 21 rings (SSSR count). The first-order valence-corrected chi connectivity index (χ1v) is 35.5. The van der Waals surface area contributed by atoms with Crippen LogP contribution in [0, 0.1) is 5.92 Å². The first-order chi connectivity index (χ1) is 49.0. The van der Waals surface area contributed by atoms with E-state index in [0.29, 0.717) is 0 Å². The minimum Gasteiger partial charge on any atom is -0.481 e. The first kappa shape index (κ1) is 86.1. The summed E-state index contributed by atoms with van der Waals surface area (Å²) < 4.78 is 93.3. The predicted octanol–water partition coefficient (Wildman–Crippen LogP) is -13.0. The van der Waals surface area contributed by atoms with Crippen LogP contribution in [0.4, 0.5) is 0 Å². The minimum absolute atomic E-state index is 0.0645. The molecule has 0 radical (unpaired) electrons. The van der Waals surface area contributed by atoms with E-state index in [-0.39, 0.29) is 62.3 Å². The van der Waals surface area contributed by atoms with Crippen LogP contribution in [0.15, 0.2) is 0 Å². The number of aliphatic hydroxyl groups excluding tert-OH is 19. The van der Waals surface area contributed by atoms with E-state index in [1.165, 1.54) is 14.0 Å². The lowest BCUT2D eigenvalue weighted by atomic mass is 9.95. The topological polar surface area (TPSA) is 653 Å². The molecule has 42 nitrogen and oxygen atoms in total. The van der Waals surface area contributed by atoms with E-state index in [0.717, 1.165) is 23.5 Å². The molecule has 0 aromatic heterocycles. The third kappa shape index (κ3) is 21.0. The molecule has 44 heteroatoms. The zero-order chi connectivity index (χ0) is 75.4. The number of ketones is 2. The monoisotopic (exact) mass is 1540 g/mol. The highest BCUT2D eigenvalue weighted by atomic mass is 32.2. The van der Waals surface area contributed by atoms with Crippen LogP contribution in [0.25, 0.3) is 0 Å². The van der Waals surface area contributed by atoms with Gasteiger partial charge >= 0.3 is 11.9 Å². The number of ether oxygens (including phenoxy) is 16. The molecule has 103 heavy (non-hydrogen) atoms. The Hall–Kier alpha value is -2.46. The van der Waals surface area contributed by atoms with Crippen molar-refractivity contribution >= 4 is 47.0 Å². The molecule has 0 aliphatic carbocycles. The summed E-state index contributed by atoms with van der Waals surface area (Å²) in [5.74, 6) is -6.08. The Morgan fingerprint density at radius 1 is 0.350 bits per heavy atom. The van der Waals surface area contributed by atoms with E-state index < -0.39 is 290 Å². The number of Topliss-reactive ketones (excluding diaryl/α,β-unsaturated/α-hetero) is 2. The third-order valence-electron chi connectivity index (χ3n) is 18.6. The van der Waals surface area contributed by atoms with Crippen LogP contribution in [0.1, 0.15) is 26.2 Å². The van der Waals surface area contributed by atoms with Gasteiger partial charge in [-0.15, -0.1) is 0 Å². The average molecular weight is 1540 g/mol. The van der Waals surface area contributed by atoms with E-state index >= 15 is 0 Å². The second-order valence-corrected chi connectivity index (χ2v) is 27.9. The van der Waals surface area contributed by atoms with Crippen molar-refractivity contribution < 1.29 is 202 Å². The Balaban J connectivity index is 1.08. The van der Waals surface area contributed by atoms with Crippen LogP contribution in [-0.4, -0.2) is 441 Å². The summed E-state index contributed by atoms with van der Waals surface area (Å²) in [6.07, 6.45) is -73.1. The second-order valence-electron chi connectivity index (χ2n) is 25.7. The fraction of sp³-hybridized carbons (Fsp3) is 0.932. The van der Waals surface area contributed by atoms with Gasteiger partial charge in [0.05, 0.1) is 77.6 Å². The number of nitrogens with one attached hydrogen (secondary N) is 1. The number of aliphatic carboxylic acids is 2. The van der Waals surface area contributed by atoms with Gasteiger partial charge in [0, 0.05) is 42.3 Å². The highest BCUT2D eigenvalue weighted by Gasteiger charge is 2.60. The van der Waals surface area contributed by atoms with Crippen molar-refractivity contribution in [1.29, 1.82) is 0 Å². The number of thioether (sulfide) groups is 2. The highest BCUT2D eigenvalue weighted by molar-refractivity contribution is 7.99. The number of carbonyl (C=O) groups is 4. The van der Waals surface area contributed by atoms with Crippen LogP contribution in [-0.2, 0) is 95.0 Å². The Morgan fingerprint density at radius 2 is 0.602 bits per heavy atom. The molecular formula is C59H97NO41S2. The fourth-order valence-corrected chi connectivity index (χ4v) is 15.0. The summed E-state index contributed by atoms with van der Waals surface area (Å²) in [5, 5.41) is 239. The largest absolute Gasteiger partial charge is 0.481 e. The lowest BCUT2D eigenvalue weighted by Gasteiger charge is -2.50. The van der Waals surface area contributed by atoms with Crippen LogP contribution >= 0.6 is 23.5 Å². The molecule has 21 aliphatic rings. The van der Waals surface area contributed by atoms with Crippen molar-refractivity contribution in [1.82, 2.24) is 5.32 Å². The Bertz CT molecular complexity index is 2610. The standard InChI is InChI=1S/C59H97NO41S2/c1-19(66)3-5-86-7-8-87-6-4-21(67)9-20(51(82)83)15-102-17-28-49-35(73)42(80)58(93-28)98-47-26(13-64)89-55(38(76)31(47)69)97-46-25(12-63)92-57(41(79)34(46)72)101-50-29(18-103-16-22(60-2)52(84)85)94-59(43(81)36(50)74)99-48-27(14-65)90-54(39(77)32(48)70)95-44-23(10-61)88-53(37(75)30(44)68)96-45-24(11-62)91-56(100-49)40(78)33(45)71/h20,22-50,53-65,68-81H,3-18H2,1-2H3,(H,82,83)(H,84,85)/t20-,22?,23?,24?,25?,26?,27?,28?,29?,30-,31-,32-,33-,34-,35-,36-,37?,38?,39?,40?,41?,42?,43?,44-,45-,46-,47-,48-,49-,50-,53-,54-,55+,56-,57+,58-,59+/m1/s1. The van der Waals surface area contributed by atoms with Gasteiger partial charge in [-0.2, -0.15) is 23.5 Å². The van der Waals surface area contributed by atoms with Gasteiger partial charge in [-0.3, -0.25) is 19.2 Å². The van der Waals surface area contributed by atoms with Crippen molar-refractivity contribution in [2.75, 3.05) is 89.5 Å². The van der Waals surface area contributed by atoms with E-state index in [9.17, 15) is 126 Å². The molecular weight excluding hydrogens is 1440 g/mol. The summed E-state index contributed by atoms with van der Waals surface area (Å²) in [4.78, 5) is 48.7. The molecule has 22 N–H and O–H groups in total. The van der Waals surface area contributed by atoms with E-state index in [4.69, 9.17) is 75.8 Å². The molecule has 14 bridgehead atoms. The summed E-state index contributed by atoms with van der Waals surface area (Å²) in [6.45, 7) is -3.91. The van der Waals surface area contributed by atoms with Crippen LogP contribution < -0.4 is 5.32 Å². The van der Waals surface area contributed by atoms with Crippen LogP contribution in [0.5, 0.6) is 0 Å². The average Bonchev–Trinajstić information content (AvgIpc) is 0.785. The molecule has 0 amide bonds. The first-order valence-electron chi connectivity index (χ1n) is 33.2. The normalized spacial score (nSPS) is 44.9. The maximum absolute atomic E-state index is 13.0. The summed E-state index contributed by atoms with van der Waals surface area (Å²) in [5.41, 5.74) is 0. The molecule has 21 saturated heterocycles. The van der Waals surface area contributed by atoms with E-state index in [2.05, 4.69) is 5.32 Å². The number of likely N-dealkylation sites (N-methyl/N-ethyl adjacent to an activating group) is 1. The number of carbonyl (C=O) groups excluding carboxylic acids is 2. The smallest absolute Gasteiger partial charge is 0.321 e. The minimum atomic E-state index is -2.31. The Kier molecular flexibility index (Phi) is 33.4. The molecule has 37 atom stereocenters. The van der Waals surface area contributed by atoms with Gasteiger partial charge < -0.3 is 188 Å². The van der Waals surface area contributed by atoms with Gasteiger partial charge in [0.25, 0.3) is 0 Å². The molecule has 596 valence electrons. The Morgan fingerprint density at radius 3 is 0.845 bits per heavy atom. The quantitative estimate of drug-likeness (QED) is 0.0340. The van der Waals surface area contributed by atoms with Gasteiger partial charge in [-0.25, -0.2) is 0 Å². The van der Waals surface area contributed by atoms with Gasteiger partial charge in [0.1, 0.15) is 176 Å². The van der Waals surface area contributed by atoms with Crippen LogP contribution in [0.2, 0.25) is 0 Å². The summed E-state index contributed by atoms with van der Waals surface area (Å²) in [6, 6.07) is -1.18. The second kappa shape index (κ2) is 40.0. The van der Waals surface area contributed by atoms with E-state index in [1.807, 2.05) is 0 Å². The lowest BCUT2D eigenvalue weighted by Crippen LogP contribution is -2.68. The molecule has 0 aromatic rings. The van der Waals surface area contributed by atoms with Gasteiger partial charge in [-0.05, 0) is 14.0 Å². The summed E-state index contributed by atoms with van der Waals surface area (Å²) >= 11 is 1.66. The molecule has 15 unspecified atom stereocenters. The lowest BCUT2D eigenvalue weighted by molar-refractivity contribution is -0.395. The molecule has 0 saturated carbocycles. The molecule has 21 aliphatic heterocycles. The summed E-state index contributed by atoms with van der Waals surface area (Å²) in [7, 11) is 1.35. The van der Waals surface area contributed by atoms with Crippen molar-refractivity contribution in [2.24, 2.45) is 5.92 Å². The zero-order valence-electron chi connectivity index (χ0n) is 55.5. The van der Waals surface area contributed by atoms with Crippen LogP contribution in [0.3, 0.4) is 0 Å². The van der Waals surface area contributed by atoms with Crippen molar-refractivity contribution in [3.63, 3.8) is 0 Å². The van der Waals surface area contributed by atoms with Gasteiger partial charge in [-0.1, -0.05) is 0 Å². The molecule has 0 spiro atoms. The number of hydrogen-bond acceptors (Lipinski definition) is 42. The fourth-order valence-electron chi connectivity index (χ4n) is 12.6. The van der Waals surface area contributed by atoms with E-state index in [1.54, 1.807) is 0 Å². The van der Waals surface area contributed by atoms with Crippen molar-refractivity contribution in [3.05, 3.63) is 0 Å². The number of aliphatic hydroxyl groups is 19. The molecule has 21 fully saturated rings. The Labute approximate surface area is 595 Å². The zero-order valence-corrected chi connectivity index (χ0v) is 57.2. The maximum Gasteiger partial charge on any atom is 0.321 e. The highest BCUT2D eigenvalue weighted by Crippen LogP contribution is 2.40. The van der Waals surface area contributed by atoms with Crippen molar-refractivity contribution in [3.8, 4) is 0 Å². The third-order valence-corrected chi connectivity index (χ3v) is 20.9.